The van der Waals surface area contributed by atoms with E-state index in [1.165, 1.54) is 12.1 Å². The van der Waals surface area contributed by atoms with Gasteiger partial charge in [-0.1, -0.05) is 19.3 Å². The van der Waals surface area contributed by atoms with Crippen molar-refractivity contribution in [3.8, 4) is 0 Å². The van der Waals surface area contributed by atoms with Crippen molar-refractivity contribution < 1.29 is 28.6 Å². The lowest BCUT2D eigenvalue weighted by atomic mass is 9.70. The lowest BCUT2D eigenvalue weighted by Crippen LogP contribution is -2.29. The van der Waals surface area contributed by atoms with Crippen LogP contribution >= 0.6 is 0 Å². The SMILES string of the molecule is O=C(O)c1ccc(C2(c3ccc(C(=O)O)o3)CCCCC2)o1. The van der Waals surface area contributed by atoms with E-state index in [1.807, 2.05) is 0 Å². The van der Waals surface area contributed by atoms with Crippen LogP contribution in [0.15, 0.2) is 33.1 Å². The van der Waals surface area contributed by atoms with Gasteiger partial charge in [0, 0.05) is 0 Å². The second kappa shape index (κ2) is 5.36. The van der Waals surface area contributed by atoms with Crippen LogP contribution in [0.3, 0.4) is 0 Å². The van der Waals surface area contributed by atoms with Crippen molar-refractivity contribution >= 4 is 11.9 Å². The molecule has 0 radical (unpaired) electrons. The third kappa shape index (κ3) is 2.30. The van der Waals surface area contributed by atoms with Crippen LogP contribution in [0.5, 0.6) is 0 Å². The number of furan rings is 2. The number of hydrogen-bond donors (Lipinski definition) is 2. The molecule has 1 fully saturated rings. The van der Waals surface area contributed by atoms with Crippen LogP contribution in [0.25, 0.3) is 0 Å². The van der Waals surface area contributed by atoms with E-state index in [1.54, 1.807) is 12.1 Å². The molecule has 0 bridgehead atoms. The first kappa shape index (κ1) is 14.4. The zero-order valence-electron chi connectivity index (χ0n) is 11.9. The van der Waals surface area contributed by atoms with Crippen molar-refractivity contribution in [1.29, 1.82) is 0 Å². The highest BCUT2D eigenvalue weighted by atomic mass is 16.4. The smallest absolute Gasteiger partial charge is 0.371 e. The minimum absolute atomic E-state index is 0.120. The lowest BCUT2D eigenvalue weighted by molar-refractivity contribution is 0.0653. The maximum atomic E-state index is 11.0. The summed E-state index contributed by atoms with van der Waals surface area (Å²) >= 11 is 0. The Morgan fingerprint density at radius 1 is 0.818 bits per heavy atom. The van der Waals surface area contributed by atoms with E-state index in [4.69, 9.17) is 19.0 Å². The summed E-state index contributed by atoms with van der Waals surface area (Å²) in [5.41, 5.74) is -0.584. The third-order valence-corrected chi connectivity index (χ3v) is 4.28. The van der Waals surface area contributed by atoms with Crippen LogP contribution in [0.2, 0.25) is 0 Å². The Morgan fingerprint density at radius 2 is 1.27 bits per heavy atom. The molecule has 3 rings (SSSR count). The van der Waals surface area contributed by atoms with Crippen molar-refractivity contribution in [2.75, 3.05) is 0 Å². The number of aromatic carboxylic acids is 2. The number of hydrogen-bond acceptors (Lipinski definition) is 4. The van der Waals surface area contributed by atoms with Crippen molar-refractivity contribution in [2.24, 2.45) is 0 Å². The van der Waals surface area contributed by atoms with E-state index >= 15 is 0 Å². The van der Waals surface area contributed by atoms with Crippen molar-refractivity contribution in [2.45, 2.75) is 37.5 Å². The second-order valence-corrected chi connectivity index (χ2v) is 5.58. The average molecular weight is 304 g/mol. The quantitative estimate of drug-likeness (QED) is 0.896. The Bertz CT molecular complexity index is 648. The highest BCUT2D eigenvalue weighted by Crippen LogP contribution is 2.46. The van der Waals surface area contributed by atoms with Gasteiger partial charge in [0.1, 0.15) is 11.5 Å². The molecule has 22 heavy (non-hydrogen) atoms. The van der Waals surface area contributed by atoms with E-state index in [9.17, 15) is 9.59 Å². The largest absolute Gasteiger partial charge is 0.475 e. The van der Waals surface area contributed by atoms with Crippen LogP contribution in [-0.2, 0) is 5.41 Å². The van der Waals surface area contributed by atoms with Crippen molar-refractivity contribution in [3.63, 3.8) is 0 Å². The van der Waals surface area contributed by atoms with E-state index in [0.29, 0.717) is 11.5 Å². The predicted molar refractivity (Wildman–Crippen MR) is 75.2 cm³/mol. The molecule has 2 aromatic rings. The van der Waals surface area contributed by atoms with Crippen molar-refractivity contribution in [1.82, 2.24) is 0 Å². The minimum atomic E-state index is -1.12. The first-order valence-corrected chi connectivity index (χ1v) is 7.20. The molecule has 2 N–H and O–H groups in total. The molecule has 0 unspecified atom stereocenters. The zero-order chi connectivity index (χ0) is 15.7. The Labute approximate surface area is 126 Å². The molecule has 1 saturated carbocycles. The molecule has 116 valence electrons. The molecular weight excluding hydrogens is 288 g/mol. The summed E-state index contributed by atoms with van der Waals surface area (Å²) in [6.45, 7) is 0. The number of carbonyl (C=O) groups is 2. The fraction of sp³-hybridized carbons (Fsp3) is 0.375. The molecule has 0 saturated heterocycles. The van der Waals surface area contributed by atoms with E-state index < -0.39 is 17.4 Å². The fourth-order valence-corrected chi connectivity index (χ4v) is 3.19. The summed E-state index contributed by atoms with van der Waals surface area (Å²) in [4.78, 5) is 22.1. The molecule has 0 aliphatic heterocycles. The van der Waals surface area contributed by atoms with Crippen molar-refractivity contribution in [3.05, 3.63) is 47.3 Å². The second-order valence-electron chi connectivity index (χ2n) is 5.58. The van der Waals surface area contributed by atoms with Crippen LogP contribution in [0.4, 0.5) is 0 Å². The maximum Gasteiger partial charge on any atom is 0.371 e. The van der Waals surface area contributed by atoms with E-state index in [-0.39, 0.29) is 11.5 Å². The summed E-state index contributed by atoms with van der Waals surface area (Å²) in [5, 5.41) is 18.1. The summed E-state index contributed by atoms with van der Waals surface area (Å²) in [6, 6.07) is 6.15. The van der Waals surface area contributed by atoms with Gasteiger partial charge >= 0.3 is 11.9 Å². The average Bonchev–Trinajstić information content (AvgIpc) is 3.18. The molecule has 2 heterocycles. The van der Waals surface area contributed by atoms with Gasteiger partial charge in [0.05, 0.1) is 5.41 Å². The highest BCUT2D eigenvalue weighted by Gasteiger charge is 2.42. The standard InChI is InChI=1S/C16H16O6/c17-14(18)10-4-6-12(21-10)16(8-2-1-3-9-16)13-7-5-11(22-13)15(19)20/h4-7H,1-3,8-9H2,(H,17,18)(H,19,20). The van der Waals surface area contributed by atoms with Crippen LogP contribution in [0, 0.1) is 0 Å². The summed E-state index contributed by atoms with van der Waals surface area (Å²) in [5.74, 6) is -1.44. The fourth-order valence-electron chi connectivity index (χ4n) is 3.19. The Morgan fingerprint density at radius 3 is 1.64 bits per heavy atom. The topological polar surface area (TPSA) is 101 Å². The summed E-state index contributed by atoms with van der Waals surface area (Å²) in [6.07, 6.45) is 4.47. The first-order chi connectivity index (χ1) is 10.5. The number of carboxylic acids is 2. The number of rotatable bonds is 4. The third-order valence-electron chi connectivity index (χ3n) is 4.28. The van der Waals surface area contributed by atoms with Gasteiger partial charge in [0.15, 0.2) is 0 Å². The Hall–Kier alpha value is -2.50. The molecule has 6 nitrogen and oxygen atoms in total. The predicted octanol–water partition coefficient (Wildman–Crippen LogP) is 3.52. The molecule has 0 aromatic carbocycles. The van der Waals surface area contributed by atoms with Crippen LogP contribution in [-0.4, -0.2) is 22.2 Å². The van der Waals surface area contributed by atoms with Gasteiger partial charge in [-0.3, -0.25) is 0 Å². The highest BCUT2D eigenvalue weighted by molar-refractivity contribution is 5.85. The van der Waals surface area contributed by atoms with Gasteiger partial charge in [-0.2, -0.15) is 0 Å². The minimum Gasteiger partial charge on any atom is -0.475 e. The lowest BCUT2D eigenvalue weighted by Gasteiger charge is -2.33. The first-order valence-electron chi connectivity index (χ1n) is 7.20. The van der Waals surface area contributed by atoms with Gasteiger partial charge < -0.3 is 19.0 Å². The molecule has 0 amide bonds. The van der Waals surface area contributed by atoms with Gasteiger partial charge in [-0.25, -0.2) is 9.59 Å². The molecular formula is C16H16O6. The molecule has 6 heteroatoms. The Kier molecular flexibility index (Phi) is 3.52. The molecule has 1 aliphatic carbocycles. The number of carboxylic acid groups (broad SMARTS) is 2. The molecule has 2 aromatic heterocycles. The molecule has 0 atom stereocenters. The summed E-state index contributed by atoms with van der Waals surface area (Å²) in [7, 11) is 0. The van der Waals surface area contributed by atoms with E-state index in [0.717, 1.165) is 32.1 Å². The van der Waals surface area contributed by atoms with E-state index in [2.05, 4.69) is 0 Å². The Balaban J connectivity index is 2.06. The van der Waals surface area contributed by atoms with Crippen LogP contribution in [0.1, 0.15) is 64.7 Å². The normalized spacial score (nSPS) is 17.3. The summed E-state index contributed by atoms with van der Waals surface area (Å²) < 4.78 is 11.0. The molecule has 1 aliphatic rings. The zero-order valence-corrected chi connectivity index (χ0v) is 11.9. The maximum absolute atomic E-state index is 11.0. The van der Waals surface area contributed by atoms with Gasteiger partial charge in [0.2, 0.25) is 11.5 Å². The molecule has 0 spiro atoms. The van der Waals surface area contributed by atoms with Gasteiger partial charge in [-0.05, 0) is 37.1 Å². The van der Waals surface area contributed by atoms with Crippen LogP contribution < -0.4 is 0 Å². The van der Waals surface area contributed by atoms with Gasteiger partial charge in [0.25, 0.3) is 0 Å². The monoisotopic (exact) mass is 304 g/mol. The van der Waals surface area contributed by atoms with Gasteiger partial charge in [-0.15, -0.1) is 0 Å².